The van der Waals surface area contributed by atoms with Crippen LogP contribution in [0, 0.1) is 6.92 Å². The van der Waals surface area contributed by atoms with Crippen LogP contribution in [-0.4, -0.2) is 76.0 Å². The maximum absolute atomic E-state index is 12.4. The minimum atomic E-state index is -4.03. The summed E-state index contributed by atoms with van der Waals surface area (Å²) in [7, 11) is -7.98. The van der Waals surface area contributed by atoms with Crippen molar-refractivity contribution in [3.8, 4) is 0 Å². The number of nitrogens with two attached hydrogens (primary N) is 2. The normalized spacial score (nSPS) is 15.4. The summed E-state index contributed by atoms with van der Waals surface area (Å²) in [5, 5.41) is 14.2. The van der Waals surface area contributed by atoms with Crippen molar-refractivity contribution in [2.45, 2.75) is 29.3 Å². The van der Waals surface area contributed by atoms with E-state index in [1.54, 1.807) is 31.2 Å². The minimum absolute atomic E-state index is 0. The van der Waals surface area contributed by atoms with E-state index in [2.05, 4.69) is 5.32 Å². The van der Waals surface area contributed by atoms with Crippen LogP contribution >= 0.6 is 0 Å². The van der Waals surface area contributed by atoms with Crippen LogP contribution in [-0.2, 0) is 26.6 Å². The van der Waals surface area contributed by atoms with Gasteiger partial charge in [0.25, 0.3) is 0 Å². The van der Waals surface area contributed by atoms with Crippen molar-refractivity contribution in [3.63, 3.8) is 0 Å². The quantitative estimate of drug-likeness (QED) is 0.347. The third-order valence-corrected chi connectivity index (χ3v) is 7.39. The van der Waals surface area contributed by atoms with E-state index >= 15 is 0 Å². The Morgan fingerprint density at radius 1 is 0.824 bits per heavy atom. The zero-order valence-electron chi connectivity index (χ0n) is 17.3. The fourth-order valence-corrected chi connectivity index (χ4v) is 5.50. The standard InChI is InChI=1S/C23H23N3O4S2.2Na.2H/c1-15-6-7-16(21(12-15)31(24,27)28)8-9-17-10-11-18(13-22(17)32(25,29)30)23-20-5-3-2-4-19(20)14-26-23;;;;/h2-13,23,26H,14H2,1H3,(H2,24,27,28)(H2,25,29,30);;;;/b9-8+;;;;. The number of rotatable bonds is 5. The van der Waals surface area contributed by atoms with Crippen LogP contribution in [0.4, 0.5) is 0 Å². The van der Waals surface area contributed by atoms with Gasteiger partial charge in [-0.25, -0.2) is 27.1 Å². The number of fused-ring (bicyclic) bond motifs is 1. The van der Waals surface area contributed by atoms with Gasteiger partial charge in [0, 0.05) is 6.54 Å². The summed E-state index contributed by atoms with van der Waals surface area (Å²) in [5.41, 5.74) is 4.47. The number of benzene rings is 3. The van der Waals surface area contributed by atoms with E-state index in [4.69, 9.17) is 10.3 Å². The maximum atomic E-state index is 12.4. The number of hydrogen-bond donors (Lipinski definition) is 3. The van der Waals surface area contributed by atoms with E-state index in [0.717, 1.165) is 22.3 Å². The van der Waals surface area contributed by atoms with E-state index in [9.17, 15) is 16.8 Å². The Morgan fingerprint density at radius 2 is 1.38 bits per heavy atom. The molecule has 0 saturated heterocycles. The van der Waals surface area contributed by atoms with Gasteiger partial charge in [-0.2, -0.15) is 0 Å². The molecule has 0 fully saturated rings. The number of primary sulfonamides is 2. The van der Waals surface area contributed by atoms with Crippen molar-refractivity contribution in [3.05, 3.63) is 94.0 Å². The summed E-state index contributed by atoms with van der Waals surface area (Å²) in [5.74, 6) is 0. The fraction of sp³-hybridized carbons (Fsp3) is 0.130. The third-order valence-electron chi connectivity index (χ3n) is 5.46. The number of nitrogens with one attached hydrogen (secondary N) is 1. The first kappa shape index (κ1) is 29.4. The molecule has 4 rings (SSSR count). The van der Waals surface area contributed by atoms with Gasteiger partial charge in [0.15, 0.2) is 0 Å². The second-order valence-electron chi connectivity index (χ2n) is 7.77. The second kappa shape index (κ2) is 11.5. The Morgan fingerprint density at radius 3 is 2.00 bits per heavy atom. The van der Waals surface area contributed by atoms with Gasteiger partial charge in [0.2, 0.25) is 20.0 Å². The van der Waals surface area contributed by atoms with Gasteiger partial charge < -0.3 is 5.32 Å². The molecule has 34 heavy (non-hydrogen) atoms. The van der Waals surface area contributed by atoms with Crippen molar-refractivity contribution in [2.24, 2.45) is 10.3 Å². The monoisotopic (exact) mass is 517 g/mol. The molecule has 1 aliphatic rings. The first-order valence-electron chi connectivity index (χ1n) is 9.83. The summed E-state index contributed by atoms with van der Waals surface area (Å²) in [4.78, 5) is -0.0732. The van der Waals surface area contributed by atoms with Gasteiger partial charge in [-0.15, -0.1) is 0 Å². The summed E-state index contributed by atoms with van der Waals surface area (Å²) in [6.07, 6.45) is 3.05. The van der Waals surface area contributed by atoms with Gasteiger partial charge >= 0.3 is 59.1 Å². The molecule has 1 aliphatic heterocycles. The first-order valence-corrected chi connectivity index (χ1v) is 12.9. The van der Waals surface area contributed by atoms with Crippen LogP contribution in [0.15, 0.2) is 70.5 Å². The summed E-state index contributed by atoms with van der Waals surface area (Å²) in [6.45, 7) is 2.45. The molecule has 1 heterocycles. The Labute approximate surface area is 244 Å². The summed E-state index contributed by atoms with van der Waals surface area (Å²) < 4.78 is 48.6. The van der Waals surface area contributed by atoms with Gasteiger partial charge in [-0.05, 0) is 52.4 Å². The number of aryl methyl sites for hydroxylation is 1. The van der Waals surface area contributed by atoms with Gasteiger partial charge in [-0.3, -0.25) is 0 Å². The molecule has 3 aromatic carbocycles. The Hall–Kier alpha value is -0.820. The average Bonchev–Trinajstić information content (AvgIpc) is 3.15. The van der Waals surface area contributed by atoms with Crippen molar-refractivity contribution in [1.29, 1.82) is 0 Å². The molecule has 1 unspecified atom stereocenters. The Kier molecular flexibility index (Phi) is 9.94. The van der Waals surface area contributed by atoms with Crippen LogP contribution in [0.1, 0.15) is 39.4 Å². The van der Waals surface area contributed by atoms with E-state index in [1.807, 2.05) is 30.3 Å². The molecule has 11 heteroatoms. The number of sulfonamides is 2. The molecule has 0 radical (unpaired) electrons. The van der Waals surface area contributed by atoms with E-state index < -0.39 is 20.0 Å². The van der Waals surface area contributed by atoms with Crippen molar-refractivity contribution in [2.75, 3.05) is 0 Å². The third kappa shape index (κ3) is 6.48. The SMILES string of the molecule is Cc1ccc(/C=C/c2ccc(C3NCc4ccccc43)cc2S(N)(=O)=O)c(S(N)(=O)=O)c1.[NaH].[NaH]. The van der Waals surface area contributed by atoms with Gasteiger partial charge in [0.1, 0.15) is 0 Å². The van der Waals surface area contributed by atoms with E-state index in [1.165, 1.54) is 18.2 Å². The van der Waals surface area contributed by atoms with E-state index in [-0.39, 0.29) is 74.9 Å². The van der Waals surface area contributed by atoms with Crippen molar-refractivity contribution >= 4 is 91.3 Å². The molecule has 1 atom stereocenters. The molecule has 3 aromatic rings. The zero-order valence-corrected chi connectivity index (χ0v) is 18.9. The fourth-order valence-electron chi connectivity index (χ4n) is 3.92. The van der Waals surface area contributed by atoms with Crippen LogP contribution in [0.2, 0.25) is 0 Å². The van der Waals surface area contributed by atoms with Gasteiger partial charge in [-0.1, -0.05) is 60.7 Å². The molecule has 0 aromatic heterocycles. The topological polar surface area (TPSA) is 132 Å². The molecule has 0 spiro atoms. The van der Waals surface area contributed by atoms with Crippen molar-refractivity contribution in [1.82, 2.24) is 5.32 Å². The van der Waals surface area contributed by atoms with Gasteiger partial charge in [0.05, 0.1) is 15.8 Å². The molecule has 0 aliphatic carbocycles. The van der Waals surface area contributed by atoms with Crippen molar-refractivity contribution < 1.29 is 16.8 Å². The summed E-state index contributed by atoms with van der Waals surface area (Å²) >= 11 is 0. The zero-order chi connectivity index (χ0) is 23.1. The molecule has 0 bridgehead atoms. The second-order valence-corrected chi connectivity index (χ2v) is 10.8. The molecule has 7 nitrogen and oxygen atoms in total. The van der Waals surface area contributed by atoms with Crippen LogP contribution in [0.5, 0.6) is 0 Å². The molecule has 0 amide bonds. The predicted molar refractivity (Wildman–Crippen MR) is 139 cm³/mol. The molecular formula is C23H25N3Na2O4S2. The van der Waals surface area contributed by atoms with Crippen LogP contribution in [0.3, 0.4) is 0 Å². The molecular weight excluding hydrogens is 492 g/mol. The molecule has 5 N–H and O–H groups in total. The molecule has 170 valence electrons. The molecule has 0 saturated carbocycles. The van der Waals surface area contributed by atoms with E-state index in [0.29, 0.717) is 17.7 Å². The van der Waals surface area contributed by atoms with Crippen LogP contribution < -0.4 is 15.6 Å². The Balaban J connectivity index is 0.00000204. The first-order chi connectivity index (χ1) is 15.0. The van der Waals surface area contributed by atoms with Crippen LogP contribution in [0.25, 0.3) is 12.2 Å². The summed E-state index contributed by atoms with van der Waals surface area (Å²) in [6, 6.07) is 17.7. The average molecular weight is 518 g/mol. The number of hydrogen-bond acceptors (Lipinski definition) is 5. The Bertz CT molecular complexity index is 1460. The predicted octanol–water partition coefficient (Wildman–Crippen LogP) is 1.36.